The second-order valence-corrected chi connectivity index (χ2v) is 17.2. The van der Waals surface area contributed by atoms with Crippen LogP contribution in [-0.4, -0.2) is 48.6 Å². The van der Waals surface area contributed by atoms with E-state index >= 15 is 0 Å². The van der Waals surface area contributed by atoms with Gasteiger partial charge in [0.25, 0.3) is 0 Å². The molecular formula is C24H45IO4Si. The Morgan fingerprint density at radius 2 is 1.70 bits per heavy atom. The lowest BCUT2D eigenvalue weighted by Crippen LogP contribution is -2.54. The van der Waals surface area contributed by atoms with E-state index in [4.69, 9.17) is 13.9 Å². The number of hydrogen-bond donors (Lipinski definition) is 1. The van der Waals surface area contributed by atoms with Gasteiger partial charge in [0.15, 0.2) is 14.1 Å². The van der Waals surface area contributed by atoms with Crippen molar-refractivity contribution in [3.8, 4) is 0 Å². The molecule has 0 radical (unpaired) electrons. The smallest absolute Gasteiger partial charge is 0.200 e. The molecule has 2 aliphatic rings. The number of alkyl halides is 1. The first-order chi connectivity index (χ1) is 14.1. The monoisotopic (exact) mass is 552 g/mol. The topological polar surface area (TPSA) is 47.9 Å². The average molecular weight is 553 g/mol. The molecule has 1 N–H and O–H groups in total. The Morgan fingerprint density at radius 3 is 2.27 bits per heavy atom. The number of halogens is 1. The standard InChI is InChI=1S/C24H45IO4Si/c1-17(2)30(18(3)4,19(5)6)27-16-8-9-22-20(7)12-14-24(29-22)23(25)11-10-21(28-24)13-15-26/h12,14,17-23,26H,8-11,13,15-16H2,1-7H3/t20-,21-,22+,23+,24+/m0/s1. The molecule has 5 atom stereocenters. The Bertz CT molecular complexity index is 532. The van der Waals surface area contributed by atoms with Crippen LogP contribution in [0.4, 0.5) is 0 Å². The molecule has 0 unspecified atom stereocenters. The van der Waals surface area contributed by atoms with Gasteiger partial charge in [-0.15, -0.1) is 0 Å². The van der Waals surface area contributed by atoms with E-state index < -0.39 is 14.1 Å². The third-order valence-electron chi connectivity index (χ3n) is 7.23. The molecule has 1 saturated heterocycles. The number of rotatable bonds is 10. The summed E-state index contributed by atoms with van der Waals surface area (Å²) in [5.41, 5.74) is 1.85. The van der Waals surface area contributed by atoms with E-state index in [1.165, 1.54) is 0 Å². The van der Waals surface area contributed by atoms with E-state index in [0.717, 1.165) is 32.3 Å². The average Bonchev–Trinajstić information content (AvgIpc) is 2.67. The predicted molar refractivity (Wildman–Crippen MR) is 136 cm³/mol. The first-order valence-corrected chi connectivity index (χ1v) is 15.4. The highest BCUT2D eigenvalue weighted by molar-refractivity contribution is 14.1. The van der Waals surface area contributed by atoms with Crippen LogP contribution in [0.5, 0.6) is 0 Å². The van der Waals surface area contributed by atoms with Gasteiger partial charge in [-0.1, -0.05) is 77.1 Å². The van der Waals surface area contributed by atoms with E-state index in [9.17, 15) is 5.11 Å². The largest absolute Gasteiger partial charge is 0.416 e. The molecule has 4 nitrogen and oxygen atoms in total. The molecule has 0 bridgehead atoms. The van der Waals surface area contributed by atoms with Crippen LogP contribution in [0.3, 0.4) is 0 Å². The number of aliphatic hydroxyl groups is 1. The summed E-state index contributed by atoms with van der Waals surface area (Å²) < 4.78 is 20.1. The van der Waals surface area contributed by atoms with Crippen LogP contribution in [0.25, 0.3) is 0 Å². The van der Waals surface area contributed by atoms with Crippen molar-refractivity contribution in [2.45, 2.75) is 119 Å². The highest BCUT2D eigenvalue weighted by Crippen LogP contribution is 2.44. The van der Waals surface area contributed by atoms with Crippen molar-refractivity contribution < 1.29 is 19.0 Å². The molecule has 2 aliphatic heterocycles. The Hall–Kier alpha value is 0.527. The number of hydrogen-bond acceptors (Lipinski definition) is 4. The van der Waals surface area contributed by atoms with Gasteiger partial charge in [0.2, 0.25) is 0 Å². The third-order valence-corrected chi connectivity index (χ3v) is 14.8. The minimum absolute atomic E-state index is 0.0813. The SMILES string of the molecule is CC(C)[Si](OCCC[C@H]1O[C@@]2(C=C[C@@H]1C)O[C@H](CCO)CC[C@H]2I)(C(C)C)C(C)C. The lowest BCUT2D eigenvalue weighted by molar-refractivity contribution is -0.275. The highest BCUT2D eigenvalue weighted by atomic mass is 127. The summed E-state index contributed by atoms with van der Waals surface area (Å²) in [6.07, 6.45) is 9.39. The normalized spacial score (nSPS) is 32.7. The summed E-state index contributed by atoms with van der Waals surface area (Å²) in [6.45, 7) is 17.3. The van der Waals surface area contributed by atoms with Crippen LogP contribution in [0.15, 0.2) is 12.2 Å². The first-order valence-electron chi connectivity index (χ1n) is 12.0. The van der Waals surface area contributed by atoms with E-state index in [0.29, 0.717) is 32.9 Å². The molecule has 0 amide bonds. The minimum atomic E-state index is -1.80. The van der Waals surface area contributed by atoms with Gasteiger partial charge in [0.1, 0.15) is 0 Å². The molecule has 2 heterocycles. The molecular weight excluding hydrogens is 507 g/mol. The lowest BCUT2D eigenvalue weighted by atomic mass is 9.91. The van der Waals surface area contributed by atoms with Gasteiger partial charge >= 0.3 is 0 Å². The second kappa shape index (κ2) is 11.6. The first kappa shape index (κ1) is 26.8. The molecule has 0 aliphatic carbocycles. The summed E-state index contributed by atoms with van der Waals surface area (Å²) in [5.74, 6) is -0.258. The van der Waals surface area contributed by atoms with E-state index in [2.05, 4.69) is 83.2 Å². The third kappa shape index (κ3) is 5.90. The second-order valence-electron chi connectivity index (χ2n) is 10.2. The zero-order valence-corrected chi connectivity index (χ0v) is 23.4. The van der Waals surface area contributed by atoms with Gasteiger partial charge < -0.3 is 19.0 Å². The molecule has 0 aromatic carbocycles. The maximum Gasteiger partial charge on any atom is 0.200 e. The fourth-order valence-corrected chi connectivity index (χ4v) is 12.0. The molecule has 1 fully saturated rings. The fourth-order valence-electron chi connectivity index (χ4n) is 5.67. The molecule has 1 spiro atoms. The molecule has 30 heavy (non-hydrogen) atoms. The Kier molecular flexibility index (Phi) is 10.3. The van der Waals surface area contributed by atoms with Crippen molar-refractivity contribution >= 4 is 30.9 Å². The van der Waals surface area contributed by atoms with Crippen molar-refractivity contribution in [2.75, 3.05) is 13.2 Å². The zero-order chi connectivity index (χ0) is 22.5. The van der Waals surface area contributed by atoms with E-state index in [1.807, 2.05) is 0 Å². The van der Waals surface area contributed by atoms with Gasteiger partial charge in [0, 0.05) is 19.1 Å². The summed E-state index contributed by atoms with van der Waals surface area (Å²) in [4.78, 5) is 0. The fraction of sp³-hybridized carbons (Fsp3) is 0.917. The minimum Gasteiger partial charge on any atom is -0.416 e. The molecule has 0 saturated carbocycles. The lowest BCUT2D eigenvalue weighted by Gasteiger charge is -2.47. The van der Waals surface area contributed by atoms with Gasteiger partial charge in [-0.3, -0.25) is 0 Å². The maximum atomic E-state index is 9.34. The van der Waals surface area contributed by atoms with E-state index in [-0.39, 0.29) is 18.8 Å². The molecule has 6 heteroatoms. The summed E-state index contributed by atoms with van der Waals surface area (Å²) in [5, 5.41) is 9.34. The van der Waals surface area contributed by atoms with Crippen LogP contribution >= 0.6 is 22.6 Å². The Morgan fingerprint density at radius 1 is 1.07 bits per heavy atom. The molecule has 2 rings (SSSR count). The maximum absolute atomic E-state index is 9.34. The van der Waals surface area contributed by atoms with Crippen LogP contribution in [0.2, 0.25) is 16.6 Å². The van der Waals surface area contributed by atoms with Crippen molar-refractivity contribution in [1.82, 2.24) is 0 Å². The summed E-state index contributed by atoms with van der Waals surface area (Å²) >= 11 is 2.48. The van der Waals surface area contributed by atoms with Crippen LogP contribution < -0.4 is 0 Å². The quantitative estimate of drug-likeness (QED) is 0.109. The van der Waals surface area contributed by atoms with Gasteiger partial charge in [-0.25, -0.2) is 0 Å². The molecule has 0 aromatic heterocycles. The van der Waals surface area contributed by atoms with Crippen LogP contribution in [-0.2, 0) is 13.9 Å². The number of aliphatic hydroxyl groups excluding tert-OH is 1. The van der Waals surface area contributed by atoms with Crippen molar-refractivity contribution in [3.63, 3.8) is 0 Å². The summed E-state index contributed by atoms with van der Waals surface area (Å²) in [7, 11) is -1.80. The summed E-state index contributed by atoms with van der Waals surface area (Å²) in [6, 6.07) is 0. The van der Waals surface area contributed by atoms with Crippen LogP contribution in [0, 0.1) is 5.92 Å². The molecule has 0 aromatic rings. The van der Waals surface area contributed by atoms with Gasteiger partial charge in [-0.05, 0) is 54.8 Å². The van der Waals surface area contributed by atoms with Gasteiger partial charge in [-0.2, -0.15) is 0 Å². The number of ether oxygens (including phenoxy) is 2. The van der Waals surface area contributed by atoms with Crippen molar-refractivity contribution in [2.24, 2.45) is 5.92 Å². The van der Waals surface area contributed by atoms with Gasteiger partial charge in [0.05, 0.1) is 16.1 Å². The molecule has 176 valence electrons. The zero-order valence-electron chi connectivity index (χ0n) is 20.2. The highest BCUT2D eigenvalue weighted by Gasteiger charge is 2.48. The van der Waals surface area contributed by atoms with Crippen LogP contribution in [0.1, 0.15) is 80.6 Å². The Labute approximate surface area is 199 Å². The van der Waals surface area contributed by atoms with E-state index in [1.54, 1.807) is 0 Å². The Balaban J connectivity index is 1.98. The predicted octanol–water partition coefficient (Wildman–Crippen LogP) is 6.61. The van der Waals surface area contributed by atoms with Crippen molar-refractivity contribution in [3.05, 3.63) is 12.2 Å². The van der Waals surface area contributed by atoms with Crippen molar-refractivity contribution in [1.29, 1.82) is 0 Å².